The Morgan fingerprint density at radius 1 is 1.12 bits per heavy atom. The number of aromatic nitrogens is 2. The lowest BCUT2D eigenvalue weighted by molar-refractivity contribution is 0.315. The number of likely N-dealkylation sites (tertiary alicyclic amines) is 1. The summed E-state index contributed by atoms with van der Waals surface area (Å²) in [5.41, 5.74) is 4.15. The van der Waals surface area contributed by atoms with Crippen LogP contribution in [-0.2, 0) is 19.5 Å². The number of aryl methyl sites for hydroxylation is 2. The molecular formula is C21H29N3. The Hall–Kier alpha value is -1.61. The first-order chi connectivity index (χ1) is 11.7. The molecule has 1 unspecified atom stereocenters. The van der Waals surface area contributed by atoms with Gasteiger partial charge in [-0.3, -0.25) is 4.90 Å². The molecule has 1 aromatic heterocycles. The standard InChI is InChI=1S/C21H29N3/c1-16-4-3-5-19(10-16)13-23-9-8-20(14-23)11-21-22-12-17(2)24(21)15-18-6-7-18/h3-5,10,12,18,20H,6-9,11,13-15H2,1-2H3. The Bertz CT molecular complexity index is 699. The van der Waals surface area contributed by atoms with Crippen LogP contribution in [0.25, 0.3) is 0 Å². The zero-order valence-electron chi connectivity index (χ0n) is 15.0. The molecule has 4 rings (SSSR count). The van der Waals surface area contributed by atoms with Crippen molar-refractivity contribution in [2.24, 2.45) is 11.8 Å². The van der Waals surface area contributed by atoms with E-state index < -0.39 is 0 Å². The summed E-state index contributed by atoms with van der Waals surface area (Å²) < 4.78 is 2.49. The van der Waals surface area contributed by atoms with Crippen molar-refractivity contribution in [3.63, 3.8) is 0 Å². The largest absolute Gasteiger partial charge is 0.332 e. The molecule has 1 atom stereocenters. The second-order valence-electron chi connectivity index (χ2n) is 7.95. The summed E-state index contributed by atoms with van der Waals surface area (Å²) in [6.07, 6.45) is 7.33. The maximum Gasteiger partial charge on any atom is 0.109 e. The maximum atomic E-state index is 4.73. The molecule has 0 N–H and O–H groups in total. The highest BCUT2D eigenvalue weighted by atomic mass is 15.1. The van der Waals surface area contributed by atoms with Crippen LogP contribution in [0.3, 0.4) is 0 Å². The van der Waals surface area contributed by atoms with Crippen LogP contribution in [0, 0.1) is 25.7 Å². The van der Waals surface area contributed by atoms with E-state index in [1.54, 1.807) is 0 Å². The summed E-state index contributed by atoms with van der Waals surface area (Å²) in [6.45, 7) is 9.11. The first-order valence-corrected chi connectivity index (χ1v) is 9.46. The van der Waals surface area contributed by atoms with Crippen molar-refractivity contribution in [3.05, 3.63) is 53.1 Å². The third-order valence-electron chi connectivity index (χ3n) is 5.61. The van der Waals surface area contributed by atoms with Crippen LogP contribution in [0.5, 0.6) is 0 Å². The number of hydrogen-bond acceptors (Lipinski definition) is 2. The zero-order chi connectivity index (χ0) is 16.5. The van der Waals surface area contributed by atoms with Crippen LogP contribution in [0.4, 0.5) is 0 Å². The number of nitrogens with zero attached hydrogens (tertiary/aromatic N) is 3. The number of hydrogen-bond donors (Lipinski definition) is 0. The second kappa shape index (κ2) is 6.72. The molecule has 1 saturated heterocycles. The molecule has 1 saturated carbocycles. The highest BCUT2D eigenvalue weighted by Gasteiger charge is 2.27. The van der Waals surface area contributed by atoms with E-state index in [1.165, 1.54) is 61.5 Å². The lowest BCUT2D eigenvalue weighted by atomic mass is 10.0. The van der Waals surface area contributed by atoms with Crippen molar-refractivity contribution in [1.29, 1.82) is 0 Å². The summed E-state index contributed by atoms with van der Waals surface area (Å²) in [5.74, 6) is 2.99. The van der Waals surface area contributed by atoms with Crippen LogP contribution >= 0.6 is 0 Å². The molecule has 2 aliphatic rings. The fourth-order valence-corrected chi connectivity index (χ4v) is 4.03. The van der Waals surface area contributed by atoms with E-state index in [1.807, 2.05) is 0 Å². The van der Waals surface area contributed by atoms with E-state index in [0.29, 0.717) is 0 Å². The van der Waals surface area contributed by atoms with Crippen molar-refractivity contribution in [3.8, 4) is 0 Å². The van der Waals surface area contributed by atoms with Crippen LogP contribution < -0.4 is 0 Å². The van der Waals surface area contributed by atoms with Gasteiger partial charge in [0.1, 0.15) is 5.82 Å². The number of benzene rings is 1. The van der Waals surface area contributed by atoms with E-state index in [2.05, 4.69) is 53.8 Å². The zero-order valence-corrected chi connectivity index (χ0v) is 15.0. The van der Waals surface area contributed by atoms with Crippen molar-refractivity contribution < 1.29 is 0 Å². The molecule has 0 amide bonds. The number of rotatable bonds is 6. The SMILES string of the molecule is Cc1cccc(CN2CCC(Cc3ncc(C)n3CC3CC3)C2)c1. The third kappa shape index (κ3) is 3.72. The fraction of sp³-hybridized carbons (Fsp3) is 0.571. The van der Waals surface area contributed by atoms with Crippen molar-refractivity contribution >= 4 is 0 Å². The minimum absolute atomic E-state index is 0.759. The van der Waals surface area contributed by atoms with Gasteiger partial charge in [0.25, 0.3) is 0 Å². The van der Waals surface area contributed by atoms with E-state index in [-0.39, 0.29) is 0 Å². The molecule has 128 valence electrons. The van der Waals surface area contributed by atoms with Gasteiger partial charge in [-0.2, -0.15) is 0 Å². The molecule has 0 bridgehead atoms. The Kier molecular flexibility index (Phi) is 4.45. The fourth-order valence-electron chi connectivity index (χ4n) is 4.03. The lowest BCUT2D eigenvalue weighted by Crippen LogP contribution is -2.21. The summed E-state index contributed by atoms with van der Waals surface area (Å²) in [4.78, 5) is 7.34. The average molecular weight is 323 g/mol. The van der Waals surface area contributed by atoms with E-state index in [4.69, 9.17) is 4.98 Å². The molecule has 1 aliphatic heterocycles. The molecule has 3 heteroatoms. The quantitative estimate of drug-likeness (QED) is 0.802. The minimum atomic E-state index is 0.759. The van der Waals surface area contributed by atoms with Gasteiger partial charge in [-0.15, -0.1) is 0 Å². The molecule has 24 heavy (non-hydrogen) atoms. The van der Waals surface area contributed by atoms with E-state index in [9.17, 15) is 0 Å². The van der Waals surface area contributed by atoms with Crippen molar-refractivity contribution in [2.75, 3.05) is 13.1 Å². The van der Waals surface area contributed by atoms with Gasteiger partial charge >= 0.3 is 0 Å². The Balaban J connectivity index is 1.35. The molecule has 0 radical (unpaired) electrons. The van der Waals surface area contributed by atoms with E-state index in [0.717, 1.165) is 24.8 Å². The van der Waals surface area contributed by atoms with Gasteiger partial charge in [-0.25, -0.2) is 4.98 Å². The lowest BCUT2D eigenvalue weighted by Gasteiger charge is -2.17. The Morgan fingerprint density at radius 2 is 2.00 bits per heavy atom. The smallest absolute Gasteiger partial charge is 0.109 e. The van der Waals surface area contributed by atoms with E-state index >= 15 is 0 Å². The van der Waals surface area contributed by atoms with Crippen LogP contribution in [-0.4, -0.2) is 27.5 Å². The van der Waals surface area contributed by atoms with Gasteiger partial charge in [0.15, 0.2) is 0 Å². The van der Waals surface area contributed by atoms with Gasteiger partial charge < -0.3 is 4.57 Å². The van der Waals surface area contributed by atoms with Crippen LogP contribution in [0.15, 0.2) is 30.5 Å². The predicted molar refractivity (Wildman–Crippen MR) is 98.0 cm³/mol. The highest BCUT2D eigenvalue weighted by Crippen LogP contribution is 2.32. The molecule has 0 spiro atoms. The van der Waals surface area contributed by atoms with Gasteiger partial charge in [0.2, 0.25) is 0 Å². The minimum Gasteiger partial charge on any atom is -0.332 e. The third-order valence-corrected chi connectivity index (χ3v) is 5.61. The Morgan fingerprint density at radius 3 is 2.79 bits per heavy atom. The van der Waals surface area contributed by atoms with Crippen molar-refractivity contribution in [2.45, 2.75) is 52.6 Å². The molecule has 2 heterocycles. The summed E-state index contributed by atoms with van der Waals surface area (Å²) >= 11 is 0. The summed E-state index contributed by atoms with van der Waals surface area (Å²) in [5, 5.41) is 0. The second-order valence-corrected chi connectivity index (χ2v) is 7.95. The molecule has 2 aromatic rings. The van der Waals surface area contributed by atoms with Gasteiger partial charge in [0, 0.05) is 37.9 Å². The maximum absolute atomic E-state index is 4.73. The summed E-state index contributed by atoms with van der Waals surface area (Å²) in [6, 6.07) is 8.93. The van der Waals surface area contributed by atoms with Crippen molar-refractivity contribution in [1.82, 2.24) is 14.5 Å². The van der Waals surface area contributed by atoms with Crippen LogP contribution in [0.2, 0.25) is 0 Å². The molecule has 1 aliphatic carbocycles. The van der Waals surface area contributed by atoms with Gasteiger partial charge in [-0.1, -0.05) is 29.8 Å². The number of imidazole rings is 1. The van der Waals surface area contributed by atoms with Gasteiger partial charge in [-0.05, 0) is 57.1 Å². The Labute approximate surface area is 145 Å². The molecule has 3 nitrogen and oxygen atoms in total. The normalized spacial score (nSPS) is 21.5. The molecule has 1 aromatic carbocycles. The first-order valence-electron chi connectivity index (χ1n) is 9.46. The first kappa shape index (κ1) is 15.9. The predicted octanol–water partition coefficient (Wildman–Crippen LogP) is 3.97. The molecular weight excluding hydrogens is 294 g/mol. The topological polar surface area (TPSA) is 21.1 Å². The molecule has 2 fully saturated rings. The highest BCUT2D eigenvalue weighted by molar-refractivity contribution is 5.22. The van der Waals surface area contributed by atoms with Gasteiger partial charge in [0.05, 0.1) is 0 Å². The summed E-state index contributed by atoms with van der Waals surface area (Å²) in [7, 11) is 0. The van der Waals surface area contributed by atoms with Crippen LogP contribution in [0.1, 0.15) is 41.9 Å². The monoisotopic (exact) mass is 323 g/mol. The average Bonchev–Trinajstić information content (AvgIpc) is 3.18.